The Morgan fingerprint density at radius 2 is 2.06 bits per heavy atom. The molecule has 0 heterocycles. The van der Waals surface area contributed by atoms with E-state index in [4.69, 9.17) is 16.3 Å². The summed E-state index contributed by atoms with van der Waals surface area (Å²) in [4.78, 5) is 23.7. The lowest BCUT2D eigenvalue weighted by Gasteiger charge is -2.13. The predicted molar refractivity (Wildman–Crippen MR) is 66.2 cm³/mol. The van der Waals surface area contributed by atoms with Gasteiger partial charge in [-0.05, 0) is 31.5 Å². The van der Waals surface area contributed by atoms with Crippen molar-refractivity contribution in [3.05, 3.63) is 34.6 Å². The molecule has 5 heteroatoms. The number of hydrogen-bond acceptors (Lipinski definition) is 3. The second-order valence-corrected chi connectivity index (χ2v) is 4.11. The average molecular weight is 273 g/mol. The average Bonchev–Trinajstić information content (AvgIpc) is 2.29. The van der Waals surface area contributed by atoms with Crippen LogP contribution in [0.3, 0.4) is 0 Å². The van der Waals surface area contributed by atoms with Crippen LogP contribution in [0, 0.1) is 11.7 Å². The van der Waals surface area contributed by atoms with E-state index in [1.165, 1.54) is 6.07 Å². The van der Waals surface area contributed by atoms with Crippen molar-refractivity contribution in [2.45, 2.75) is 20.3 Å². The molecule has 0 aliphatic rings. The number of carbonyl (C=O) groups is 2. The largest absolute Gasteiger partial charge is 0.465 e. The first-order chi connectivity index (χ1) is 8.51. The summed E-state index contributed by atoms with van der Waals surface area (Å²) in [5.74, 6) is -2.44. The monoisotopic (exact) mass is 272 g/mol. The van der Waals surface area contributed by atoms with Crippen molar-refractivity contribution >= 4 is 23.4 Å². The molecule has 1 aromatic rings. The van der Waals surface area contributed by atoms with Crippen LogP contribution >= 0.6 is 11.6 Å². The molecule has 18 heavy (non-hydrogen) atoms. The lowest BCUT2D eigenvalue weighted by Crippen LogP contribution is -2.26. The molecule has 1 aromatic carbocycles. The van der Waals surface area contributed by atoms with Crippen LogP contribution in [0.5, 0.6) is 0 Å². The minimum atomic E-state index is -0.895. The molecule has 1 unspecified atom stereocenters. The Bertz CT molecular complexity index is 460. The Morgan fingerprint density at radius 3 is 2.56 bits per heavy atom. The highest BCUT2D eigenvalue weighted by Gasteiger charge is 2.28. The van der Waals surface area contributed by atoms with Crippen LogP contribution in [-0.2, 0) is 9.53 Å². The van der Waals surface area contributed by atoms with Gasteiger partial charge in [0.15, 0.2) is 5.78 Å². The molecular formula is C13H14ClFO3. The van der Waals surface area contributed by atoms with E-state index in [-0.39, 0.29) is 17.2 Å². The molecule has 0 fully saturated rings. The zero-order valence-electron chi connectivity index (χ0n) is 10.2. The van der Waals surface area contributed by atoms with Crippen molar-refractivity contribution in [2.24, 2.45) is 5.92 Å². The lowest BCUT2D eigenvalue weighted by molar-refractivity contribution is -0.146. The van der Waals surface area contributed by atoms with Gasteiger partial charge >= 0.3 is 5.97 Å². The van der Waals surface area contributed by atoms with Crippen molar-refractivity contribution in [3.63, 3.8) is 0 Å². The Balaban J connectivity index is 3.00. The second-order valence-electron chi connectivity index (χ2n) is 3.70. The van der Waals surface area contributed by atoms with Gasteiger partial charge in [-0.3, -0.25) is 9.59 Å². The zero-order chi connectivity index (χ0) is 13.7. The number of ether oxygens (including phenoxy) is 1. The van der Waals surface area contributed by atoms with E-state index >= 15 is 0 Å². The van der Waals surface area contributed by atoms with Crippen LogP contribution in [0.25, 0.3) is 0 Å². The highest BCUT2D eigenvalue weighted by Crippen LogP contribution is 2.22. The summed E-state index contributed by atoms with van der Waals surface area (Å²) in [6, 6.07) is 3.46. The van der Waals surface area contributed by atoms with Gasteiger partial charge in [0, 0.05) is 5.56 Å². The van der Waals surface area contributed by atoms with Gasteiger partial charge in [-0.15, -0.1) is 0 Å². The highest BCUT2D eigenvalue weighted by atomic mass is 35.5. The van der Waals surface area contributed by atoms with Crippen LogP contribution in [0.15, 0.2) is 18.2 Å². The minimum absolute atomic E-state index is 0.00254. The first kappa shape index (κ1) is 14.6. The zero-order valence-corrected chi connectivity index (χ0v) is 11.0. The highest BCUT2D eigenvalue weighted by molar-refractivity contribution is 6.34. The lowest BCUT2D eigenvalue weighted by atomic mass is 9.95. The van der Waals surface area contributed by atoms with E-state index in [1.54, 1.807) is 13.8 Å². The molecular weight excluding hydrogens is 259 g/mol. The molecule has 0 bridgehead atoms. The van der Waals surface area contributed by atoms with E-state index in [0.29, 0.717) is 6.42 Å². The summed E-state index contributed by atoms with van der Waals surface area (Å²) in [5.41, 5.74) is 0.137. The second kappa shape index (κ2) is 6.50. The number of Topliss-reactive ketones (excluding diaryl/α,β-unsaturated/α-hetero) is 1. The van der Waals surface area contributed by atoms with Gasteiger partial charge in [-0.2, -0.15) is 0 Å². The molecule has 0 aliphatic heterocycles. The fourth-order valence-corrected chi connectivity index (χ4v) is 1.84. The normalized spacial score (nSPS) is 12.0. The van der Waals surface area contributed by atoms with Gasteiger partial charge in [0.1, 0.15) is 11.7 Å². The van der Waals surface area contributed by atoms with Crippen LogP contribution in [0.1, 0.15) is 30.6 Å². The van der Waals surface area contributed by atoms with E-state index in [0.717, 1.165) is 12.1 Å². The maximum absolute atomic E-state index is 12.9. The fraction of sp³-hybridized carbons (Fsp3) is 0.385. The number of ketones is 1. The molecule has 0 saturated heterocycles. The van der Waals surface area contributed by atoms with Crippen molar-refractivity contribution in [1.29, 1.82) is 0 Å². The van der Waals surface area contributed by atoms with Crippen LogP contribution in [-0.4, -0.2) is 18.4 Å². The number of hydrogen-bond donors (Lipinski definition) is 0. The standard InChI is InChI=1S/C13H14ClFO3/c1-3-9(13(17)18-4-2)12(16)10-6-5-8(15)7-11(10)14/h5-7,9H,3-4H2,1-2H3. The summed E-state index contributed by atoms with van der Waals surface area (Å²) in [7, 11) is 0. The molecule has 98 valence electrons. The Labute approximate surface area is 110 Å². The van der Waals surface area contributed by atoms with E-state index in [2.05, 4.69) is 0 Å². The molecule has 0 radical (unpaired) electrons. The van der Waals surface area contributed by atoms with E-state index < -0.39 is 23.5 Å². The Kier molecular flexibility index (Phi) is 5.28. The maximum atomic E-state index is 12.9. The fourth-order valence-electron chi connectivity index (χ4n) is 1.58. The molecule has 1 atom stereocenters. The maximum Gasteiger partial charge on any atom is 0.316 e. The van der Waals surface area contributed by atoms with Gasteiger partial charge in [0.25, 0.3) is 0 Å². The third-order valence-corrected chi connectivity index (χ3v) is 2.81. The first-order valence-electron chi connectivity index (χ1n) is 5.67. The molecule has 1 rings (SSSR count). The van der Waals surface area contributed by atoms with E-state index in [9.17, 15) is 14.0 Å². The summed E-state index contributed by atoms with van der Waals surface area (Å²) in [5, 5.41) is 0.00254. The smallest absolute Gasteiger partial charge is 0.316 e. The minimum Gasteiger partial charge on any atom is -0.465 e. The Hall–Kier alpha value is -1.42. The third kappa shape index (κ3) is 3.29. The number of halogens is 2. The van der Waals surface area contributed by atoms with Gasteiger partial charge in [-0.1, -0.05) is 18.5 Å². The molecule has 0 amide bonds. The SMILES string of the molecule is CCOC(=O)C(CC)C(=O)c1ccc(F)cc1Cl. The van der Waals surface area contributed by atoms with Gasteiger partial charge < -0.3 is 4.74 Å². The van der Waals surface area contributed by atoms with Crippen LogP contribution in [0.2, 0.25) is 5.02 Å². The number of benzene rings is 1. The molecule has 3 nitrogen and oxygen atoms in total. The quantitative estimate of drug-likeness (QED) is 0.469. The molecule has 0 spiro atoms. The first-order valence-corrected chi connectivity index (χ1v) is 6.04. The molecule has 0 aliphatic carbocycles. The van der Waals surface area contributed by atoms with Crippen molar-refractivity contribution in [3.8, 4) is 0 Å². The predicted octanol–water partition coefficient (Wildman–Crippen LogP) is 3.25. The summed E-state index contributed by atoms with van der Waals surface area (Å²) < 4.78 is 17.7. The van der Waals surface area contributed by atoms with Crippen molar-refractivity contribution in [2.75, 3.05) is 6.61 Å². The number of esters is 1. The van der Waals surface area contributed by atoms with Crippen LogP contribution < -0.4 is 0 Å². The molecule has 0 aromatic heterocycles. The Morgan fingerprint density at radius 1 is 1.39 bits per heavy atom. The molecule has 0 saturated carbocycles. The topological polar surface area (TPSA) is 43.4 Å². The van der Waals surface area contributed by atoms with Gasteiger partial charge in [-0.25, -0.2) is 4.39 Å². The van der Waals surface area contributed by atoms with E-state index in [1.807, 2.05) is 0 Å². The van der Waals surface area contributed by atoms with Gasteiger partial charge in [0.2, 0.25) is 0 Å². The summed E-state index contributed by atoms with van der Waals surface area (Å²) in [6.07, 6.45) is 0.311. The summed E-state index contributed by atoms with van der Waals surface area (Å²) >= 11 is 5.79. The van der Waals surface area contributed by atoms with Gasteiger partial charge in [0.05, 0.1) is 11.6 Å². The summed E-state index contributed by atoms with van der Waals surface area (Å²) in [6.45, 7) is 3.58. The molecule has 0 N–H and O–H groups in total. The van der Waals surface area contributed by atoms with Crippen molar-refractivity contribution in [1.82, 2.24) is 0 Å². The number of carbonyl (C=O) groups excluding carboxylic acids is 2. The third-order valence-electron chi connectivity index (χ3n) is 2.49. The van der Waals surface area contributed by atoms with Crippen molar-refractivity contribution < 1.29 is 18.7 Å². The number of rotatable bonds is 5. The van der Waals surface area contributed by atoms with Crippen LogP contribution in [0.4, 0.5) is 4.39 Å².